The van der Waals surface area contributed by atoms with Gasteiger partial charge in [-0.15, -0.1) is 11.3 Å². The summed E-state index contributed by atoms with van der Waals surface area (Å²) < 4.78 is 0.870. The largest absolute Gasteiger partial charge is 0.296 e. The minimum absolute atomic E-state index is 0.207. The molecule has 2 heterocycles. The first-order valence-corrected chi connectivity index (χ1v) is 7.86. The number of hydrogen-bond donors (Lipinski definition) is 1. The van der Waals surface area contributed by atoms with Crippen LogP contribution in [0.2, 0.25) is 0 Å². The number of nitrogens with zero attached hydrogens (tertiary/aromatic N) is 1. The van der Waals surface area contributed by atoms with E-state index in [4.69, 9.17) is 0 Å². The predicted octanol–water partition coefficient (Wildman–Crippen LogP) is 2.82. The predicted molar refractivity (Wildman–Crippen MR) is 79.5 cm³/mol. The van der Waals surface area contributed by atoms with Crippen molar-refractivity contribution in [3.63, 3.8) is 0 Å². The van der Waals surface area contributed by atoms with Gasteiger partial charge in [0.05, 0.1) is 17.1 Å². The fraction of sp³-hybridized carbons (Fsp3) is 0.214. The Bertz CT molecular complexity index is 657. The highest BCUT2D eigenvalue weighted by atomic mass is 79.9. The number of halogens is 1. The first-order valence-electron chi connectivity index (χ1n) is 6.13. The summed E-state index contributed by atoms with van der Waals surface area (Å²) in [6, 6.07) is 7.60. The lowest BCUT2D eigenvalue weighted by Crippen LogP contribution is -2.43. The minimum Gasteiger partial charge on any atom is -0.296 e. The van der Waals surface area contributed by atoms with E-state index in [-0.39, 0.29) is 24.2 Å². The lowest BCUT2D eigenvalue weighted by Gasteiger charge is -2.29. The second-order valence-electron chi connectivity index (χ2n) is 4.64. The summed E-state index contributed by atoms with van der Waals surface area (Å²) in [5, 5.41) is 4.33. The molecule has 4 nitrogen and oxygen atoms in total. The number of imide groups is 1. The van der Waals surface area contributed by atoms with E-state index in [1.54, 1.807) is 5.51 Å². The Hall–Kier alpha value is -1.53. The Morgan fingerprint density at radius 2 is 2.10 bits per heavy atom. The van der Waals surface area contributed by atoms with Crippen molar-refractivity contribution >= 4 is 39.1 Å². The summed E-state index contributed by atoms with van der Waals surface area (Å²) in [6.45, 7) is 0. The molecule has 2 unspecified atom stereocenters. The number of amides is 2. The third kappa shape index (κ3) is 2.41. The Labute approximate surface area is 128 Å². The number of hydrogen-bond acceptors (Lipinski definition) is 4. The molecule has 0 radical (unpaired) electrons. The van der Waals surface area contributed by atoms with Crippen LogP contribution in [0.1, 0.15) is 29.5 Å². The highest BCUT2D eigenvalue weighted by Crippen LogP contribution is 2.40. The molecular weight excluding hydrogens is 340 g/mol. The quantitative estimate of drug-likeness (QED) is 0.847. The molecule has 2 atom stereocenters. The molecule has 2 amide bonds. The zero-order chi connectivity index (χ0) is 14.1. The maximum atomic E-state index is 12.3. The van der Waals surface area contributed by atoms with Crippen LogP contribution in [-0.2, 0) is 9.59 Å². The topological polar surface area (TPSA) is 59.1 Å². The van der Waals surface area contributed by atoms with Gasteiger partial charge in [-0.05, 0) is 11.6 Å². The monoisotopic (exact) mass is 350 g/mol. The zero-order valence-electron chi connectivity index (χ0n) is 10.4. The molecule has 2 aromatic rings. The summed E-state index contributed by atoms with van der Waals surface area (Å²) >= 11 is 4.95. The fourth-order valence-corrected chi connectivity index (χ4v) is 3.68. The molecule has 1 aromatic heterocycles. The standard InChI is InChI=1S/C14H11BrN2O2S/c15-10-4-2-1-3-8(10)13-9(11-6-20-7-16-11)5-12(18)17-14(13)19/h1-4,6-7,9,13H,5H2,(H,17,18,19). The van der Waals surface area contributed by atoms with Gasteiger partial charge in [0.15, 0.2) is 0 Å². The van der Waals surface area contributed by atoms with Gasteiger partial charge in [0.25, 0.3) is 0 Å². The molecule has 6 heteroatoms. The smallest absolute Gasteiger partial charge is 0.234 e. The second kappa shape index (κ2) is 5.46. The molecule has 3 rings (SSSR count). The van der Waals surface area contributed by atoms with Crippen LogP contribution in [0.5, 0.6) is 0 Å². The summed E-state index contributed by atoms with van der Waals surface area (Å²) in [4.78, 5) is 28.2. The third-order valence-electron chi connectivity index (χ3n) is 3.42. The van der Waals surface area contributed by atoms with Crippen LogP contribution in [-0.4, -0.2) is 16.8 Å². The van der Waals surface area contributed by atoms with Crippen molar-refractivity contribution in [1.29, 1.82) is 0 Å². The minimum atomic E-state index is -0.398. The highest BCUT2D eigenvalue weighted by Gasteiger charge is 2.39. The number of nitrogens with one attached hydrogen (secondary N) is 1. The van der Waals surface area contributed by atoms with Crippen LogP contribution in [0.3, 0.4) is 0 Å². The number of carbonyl (C=O) groups is 2. The van der Waals surface area contributed by atoms with Gasteiger partial charge in [-0.2, -0.15) is 0 Å². The molecule has 20 heavy (non-hydrogen) atoms. The molecular formula is C14H11BrN2O2S. The molecule has 1 aliphatic heterocycles. The lowest BCUT2D eigenvalue weighted by molar-refractivity contribution is -0.135. The number of piperidine rings is 1. The average Bonchev–Trinajstić information content (AvgIpc) is 2.93. The molecule has 1 aromatic carbocycles. The fourth-order valence-electron chi connectivity index (χ4n) is 2.53. The Morgan fingerprint density at radius 1 is 1.30 bits per heavy atom. The van der Waals surface area contributed by atoms with Crippen molar-refractivity contribution in [2.75, 3.05) is 0 Å². The molecule has 1 fully saturated rings. The second-order valence-corrected chi connectivity index (χ2v) is 6.21. The molecule has 102 valence electrons. The number of benzene rings is 1. The van der Waals surface area contributed by atoms with Crippen molar-refractivity contribution in [3.8, 4) is 0 Å². The van der Waals surface area contributed by atoms with Gasteiger partial charge in [-0.1, -0.05) is 34.1 Å². The summed E-state index contributed by atoms with van der Waals surface area (Å²) in [6.07, 6.45) is 0.279. The number of aromatic nitrogens is 1. The van der Waals surface area contributed by atoms with E-state index in [0.717, 1.165) is 15.7 Å². The summed E-state index contributed by atoms with van der Waals surface area (Å²) in [5.41, 5.74) is 3.41. The van der Waals surface area contributed by atoms with Crippen molar-refractivity contribution in [2.45, 2.75) is 18.3 Å². The number of rotatable bonds is 2. The van der Waals surface area contributed by atoms with Crippen LogP contribution in [0.4, 0.5) is 0 Å². The molecule has 0 bridgehead atoms. The van der Waals surface area contributed by atoms with Crippen LogP contribution in [0, 0.1) is 0 Å². The first-order chi connectivity index (χ1) is 9.66. The van der Waals surface area contributed by atoms with Crippen molar-refractivity contribution in [2.24, 2.45) is 0 Å². The molecule has 1 aliphatic rings. The Morgan fingerprint density at radius 3 is 2.80 bits per heavy atom. The maximum Gasteiger partial charge on any atom is 0.234 e. The molecule has 1 N–H and O–H groups in total. The van der Waals surface area contributed by atoms with Gasteiger partial charge < -0.3 is 0 Å². The van der Waals surface area contributed by atoms with Gasteiger partial charge in [-0.3, -0.25) is 14.9 Å². The molecule has 0 aliphatic carbocycles. The van der Waals surface area contributed by atoms with E-state index < -0.39 is 5.92 Å². The van der Waals surface area contributed by atoms with Crippen molar-refractivity contribution in [1.82, 2.24) is 10.3 Å². The molecule has 1 saturated heterocycles. The van der Waals surface area contributed by atoms with Gasteiger partial charge in [0.2, 0.25) is 11.8 Å². The molecule has 0 spiro atoms. The normalized spacial score (nSPS) is 22.6. The Kier molecular flexibility index (Phi) is 3.67. The average molecular weight is 351 g/mol. The first kappa shape index (κ1) is 13.5. The van der Waals surface area contributed by atoms with Crippen LogP contribution >= 0.6 is 27.3 Å². The van der Waals surface area contributed by atoms with Crippen molar-refractivity contribution in [3.05, 3.63) is 50.9 Å². The van der Waals surface area contributed by atoms with E-state index in [2.05, 4.69) is 26.2 Å². The maximum absolute atomic E-state index is 12.3. The number of carbonyl (C=O) groups excluding carboxylic acids is 2. The van der Waals surface area contributed by atoms with Gasteiger partial charge in [0.1, 0.15) is 0 Å². The van der Waals surface area contributed by atoms with Crippen LogP contribution in [0.25, 0.3) is 0 Å². The highest BCUT2D eigenvalue weighted by molar-refractivity contribution is 9.10. The van der Waals surface area contributed by atoms with E-state index in [9.17, 15) is 9.59 Å². The van der Waals surface area contributed by atoms with Gasteiger partial charge in [-0.25, -0.2) is 4.98 Å². The zero-order valence-corrected chi connectivity index (χ0v) is 12.8. The van der Waals surface area contributed by atoms with E-state index in [0.29, 0.717) is 0 Å². The van der Waals surface area contributed by atoms with Crippen molar-refractivity contribution < 1.29 is 9.59 Å². The van der Waals surface area contributed by atoms with Crippen LogP contribution in [0.15, 0.2) is 39.6 Å². The van der Waals surface area contributed by atoms with Gasteiger partial charge in [0, 0.05) is 22.2 Å². The van der Waals surface area contributed by atoms with E-state index in [1.807, 2.05) is 29.6 Å². The SMILES string of the molecule is O=C1CC(c2cscn2)C(c2ccccc2Br)C(=O)N1. The van der Waals surface area contributed by atoms with E-state index in [1.165, 1.54) is 11.3 Å². The molecule has 0 saturated carbocycles. The third-order valence-corrected chi connectivity index (χ3v) is 4.75. The lowest BCUT2D eigenvalue weighted by atomic mass is 9.79. The Balaban J connectivity index is 2.07. The summed E-state index contributed by atoms with van der Waals surface area (Å²) in [7, 11) is 0. The van der Waals surface area contributed by atoms with Gasteiger partial charge >= 0.3 is 0 Å². The number of thiazole rings is 1. The summed E-state index contributed by atoms with van der Waals surface area (Å²) in [5.74, 6) is -1.10. The van der Waals surface area contributed by atoms with E-state index >= 15 is 0 Å². The van der Waals surface area contributed by atoms with Crippen LogP contribution < -0.4 is 5.32 Å².